The van der Waals surface area contributed by atoms with E-state index < -0.39 is 11.9 Å². The molecule has 0 aliphatic carbocycles. The van der Waals surface area contributed by atoms with E-state index in [2.05, 4.69) is 21.2 Å². The highest BCUT2D eigenvalue weighted by atomic mass is 35.5. The van der Waals surface area contributed by atoms with E-state index in [1.54, 1.807) is 0 Å². The third-order valence-electron chi connectivity index (χ3n) is 3.60. The maximum absolute atomic E-state index is 11.7. The molecule has 0 atom stereocenters. The molecule has 0 aromatic heterocycles. The van der Waals surface area contributed by atoms with Crippen molar-refractivity contribution in [3.63, 3.8) is 0 Å². The van der Waals surface area contributed by atoms with Gasteiger partial charge in [0.15, 0.2) is 0 Å². The SMILES string of the molecule is CN(C)c1ccc(/C=N\NC(=O)CNC(=O)NCc2ccccc2)c(Cl)c1. The van der Waals surface area contributed by atoms with Gasteiger partial charge in [-0.1, -0.05) is 41.9 Å². The Morgan fingerprint density at radius 2 is 1.85 bits per heavy atom. The number of hydrogen-bond donors (Lipinski definition) is 3. The van der Waals surface area contributed by atoms with Gasteiger partial charge in [0.25, 0.3) is 5.91 Å². The van der Waals surface area contributed by atoms with Crippen LogP contribution in [0.2, 0.25) is 5.02 Å². The third kappa shape index (κ3) is 6.99. The van der Waals surface area contributed by atoms with Gasteiger partial charge >= 0.3 is 6.03 Å². The average molecular weight is 388 g/mol. The summed E-state index contributed by atoms with van der Waals surface area (Å²) in [5.74, 6) is -0.442. The molecule has 0 bridgehead atoms. The van der Waals surface area contributed by atoms with Gasteiger partial charge in [-0.15, -0.1) is 0 Å². The van der Waals surface area contributed by atoms with E-state index in [4.69, 9.17) is 11.6 Å². The van der Waals surface area contributed by atoms with Crippen LogP contribution in [0.4, 0.5) is 10.5 Å². The summed E-state index contributed by atoms with van der Waals surface area (Å²) in [4.78, 5) is 25.4. The molecule has 2 rings (SSSR count). The fourth-order valence-electron chi connectivity index (χ4n) is 2.11. The molecule has 2 aromatic rings. The summed E-state index contributed by atoms with van der Waals surface area (Å²) in [5.41, 5.74) is 4.96. The summed E-state index contributed by atoms with van der Waals surface area (Å²) < 4.78 is 0. The highest BCUT2D eigenvalue weighted by Gasteiger charge is 2.05. The molecule has 8 heteroatoms. The van der Waals surface area contributed by atoms with Gasteiger partial charge < -0.3 is 15.5 Å². The number of halogens is 1. The predicted octanol–water partition coefficient (Wildman–Crippen LogP) is 2.36. The summed E-state index contributed by atoms with van der Waals surface area (Å²) in [6.45, 7) is 0.194. The Labute approximate surface area is 163 Å². The summed E-state index contributed by atoms with van der Waals surface area (Å²) in [7, 11) is 3.84. The number of nitrogens with zero attached hydrogens (tertiary/aromatic N) is 2. The predicted molar refractivity (Wildman–Crippen MR) is 108 cm³/mol. The molecule has 3 amide bonds. The second kappa shape index (κ2) is 10.2. The maximum Gasteiger partial charge on any atom is 0.315 e. The van der Waals surface area contributed by atoms with Crippen molar-refractivity contribution in [1.82, 2.24) is 16.1 Å². The zero-order valence-electron chi connectivity index (χ0n) is 15.2. The fraction of sp³-hybridized carbons (Fsp3) is 0.211. The van der Waals surface area contributed by atoms with Crippen LogP contribution in [0.5, 0.6) is 0 Å². The van der Waals surface area contributed by atoms with Gasteiger partial charge in [-0.3, -0.25) is 4.79 Å². The van der Waals surface area contributed by atoms with Gasteiger partial charge in [0.1, 0.15) is 6.54 Å². The molecule has 0 radical (unpaired) electrons. The van der Waals surface area contributed by atoms with E-state index in [1.165, 1.54) is 6.21 Å². The highest BCUT2D eigenvalue weighted by Crippen LogP contribution is 2.21. The molecule has 0 aliphatic heterocycles. The second-order valence-corrected chi connectivity index (χ2v) is 6.32. The minimum atomic E-state index is -0.442. The number of anilines is 1. The van der Waals surface area contributed by atoms with Crippen LogP contribution >= 0.6 is 11.6 Å². The van der Waals surface area contributed by atoms with E-state index >= 15 is 0 Å². The number of urea groups is 1. The summed E-state index contributed by atoms with van der Waals surface area (Å²) in [5, 5.41) is 9.51. The highest BCUT2D eigenvalue weighted by molar-refractivity contribution is 6.33. The first-order valence-electron chi connectivity index (χ1n) is 8.30. The molecular weight excluding hydrogens is 366 g/mol. The first-order valence-corrected chi connectivity index (χ1v) is 8.68. The minimum Gasteiger partial charge on any atom is -0.378 e. The van der Waals surface area contributed by atoms with Crippen LogP contribution in [-0.4, -0.2) is 38.8 Å². The van der Waals surface area contributed by atoms with Gasteiger partial charge in [0.05, 0.1) is 11.2 Å². The minimum absolute atomic E-state index is 0.189. The molecule has 0 aliphatic rings. The Hall–Kier alpha value is -3.06. The van der Waals surface area contributed by atoms with E-state index in [9.17, 15) is 9.59 Å². The Morgan fingerprint density at radius 1 is 1.11 bits per heavy atom. The maximum atomic E-state index is 11.7. The monoisotopic (exact) mass is 387 g/mol. The van der Waals surface area contributed by atoms with Crippen molar-refractivity contribution in [3.8, 4) is 0 Å². The fourth-order valence-corrected chi connectivity index (χ4v) is 2.34. The Kier molecular flexibility index (Phi) is 7.63. The molecule has 142 valence electrons. The smallest absolute Gasteiger partial charge is 0.315 e. The van der Waals surface area contributed by atoms with Gasteiger partial charge in [0.2, 0.25) is 0 Å². The standard InChI is InChI=1S/C19H22ClN5O2/c1-25(2)16-9-8-15(17(20)10-16)12-23-24-18(26)13-22-19(27)21-11-14-6-4-3-5-7-14/h3-10,12H,11,13H2,1-2H3,(H,24,26)(H2,21,22,27)/b23-12-. The van der Waals surface area contributed by atoms with Crippen LogP contribution in [0.25, 0.3) is 0 Å². The molecular formula is C19H22ClN5O2. The van der Waals surface area contributed by atoms with Gasteiger partial charge in [-0.2, -0.15) is 5.10 Å². The van der Waals surface area contributed by atoms with Crippen molar-refractivity contribution in [3.05, 3.63) is 64.7 Å². The van der Waals surface area contributed by atoms with E-state index in [0.29, 0.717) is 17.1 Å². The van der Waals surface area contributed by atoms with Crippen LogP contribution in [-0.2, 0) is 11.3 Å². The summed E-state index contributed by atoms with van der Waals surface area (Å²) >= 11 is 6.18. The molecule has 0 spiro atoms. The number of hydrazone groups is 1. The van der Waals surface area contributed by atoms with E-state index in [-0.39, 0.29) is 6.54 Å². The molecule has 27 heavy (non-hydrogen) atoms. The molecule has 0 saturated heterocycles. The number of carbonyl (C=O) groups is 2. The van der Waals surface area contributed by atoms with Crippen molar-refractivity contribution < 1.29 is 9.59 Å². The molecule has 0 saturated carbocycles. The van der Waals surface area contributed by atoms with Crippen molar-refractivity contribution in [2.24, 2.45) is 5.10 Å². The van der Waals surface area contributed by atoms with Crippen LogP contribution < -0.4 is 21.0 Å². The number of nitrogens with one attached hydrogen (secondary N) is 3. The lowest BCUT2D eigenvalue weighted by Gasteiger charge is -2.13. The van der Waals surface area contributed by atoms with Crippen molar-refractivity contribution >= 4 is 35.4 Å². The normalized spacial score (nSPS) is 10.5. The molecule has 0 heterocycles. The topological polar surface area (TPSA) is 85.8 Å². The lowest BCUT2D eigenvalue weighted by atomic mass is 10.2. The molecule has 2 aromatic carbocycles. The van der Waals surface area contributed by atoms with E-state index in [1.807, 2.05) is 67.5 Å². The summed E-state index contributed by atoms with van der Waals surface area (Å²) in [6, 6.07) is 14.6. The Morgan fingerprint density at radius 3 is 2.52 bits per heavy atom. The van der Waals surface area contributed by atoms with Crippen molar-refractivity contribution in [2.45, 2.75) is 6.54 Å². The molecule has 3 N–H and O–H groups in total. The number of carbonyl (C=O) groups excluding carboxylic acids is 2. The number of rotatable bonds is 7. The first kappa shape index (κ1) is 20.3. The molecule has 0 unspecified atom stereocenters. The van der Waals surface area contributed by atoms with E-state index in [0.717, 1.165) is 11.3 Å². The number of benzene rings is 2. The van der Waals surface area contributed by atoms with Crippen LogP contribution in [0.15, 0.2) is 53.6 Å². The lowest BCUT2D eigenvalue weighted by Crippen LogP contribution is -2.40. The Balaban J connectivity index is 1.72. The second-order valence-electron chi connectivity index (χ2n) is 5.92. The number of amides is 3. The van der Waals surface area contributed by atoms with Crippen molar-refractivity contribution in [1.29, 1.82) is 0 Å². The van der Waals surface area contributed by atoms with Crippen molar-refractivity contribution in [2.75, 3.05) is 25.5 Å². The van der Waals surface area contributed by atoms with Crippen LogP contribution in [0.3, 0.4) is 0 Å². The Bertz CT molecular complexity index is 809. The molecule has 7 nitrogen and oxygen atoms in total. The first-order chi connectivity index (χ1) is 13.0. The third-order valence-corrected chi connectivity index (χ3v) is 3.93. The summed E-state index contributed by atoms with van der Waals surface area (Å²) in [6.07, 6.45) is 1.45. The molecule has 0 fully saturated rings. The van der Waals surface area contributed by atoms with Gasteiger partial charge in [0, 0.05) is 31.9 Å². The zero-order valence-corrected chi connectivity index (χ0v) is 16.0. The largest absolute Gasteiger partial charge is 0.378 e. The quantitative estimate of drug-likeness (QED) is 0.503. The lowest BCUT2D eigenvalue weighted by molar-refractivity contribution is -0.120. The van der Waals surface area contributed by atoms with Crippen LogP contribution in [0, 0.1) is 0 Å². The average Bonchev–Trinajstić information content (AvgIpc) is 2.66. The zero-order chi connectivity index (χ0) is 19.6. The number of hydrogen-bond acceptors (Lipinski definition) is 4. The van der Waals surface area contributed by atoms with Gasteiger partial charge in [-0.05, 0) is 23.8 Å². The van der Waals surface area contributed by atoms with Gasteiger partial charge in [-0.25, -0.2) is 10.2 Å². The van der Waals surface area contributed by atoms with Crippen LogP contribution in [0.1, 0.15) is 11.1 Å².